The van der Waals surface area contributed by atoms with Crippen LogP contribution in [0, 0.1) is 13.8 Å². The first-order valence-electron chi connectivity index (χ1n) is 9.07. The van der Waals surface area contributed by atoms with Gasteiger partial charge in [-0.1, -0.05) is 36.2 Å². The lowest BCUT2D eigenvalue weighted by atomic mass is 10.1. The maximum atomic E-state index is 5.44. The maximum absolute atomic E-state index is 5.44. The molecule has 0 amide bonds. The van der Waals surface area contributed by atoms with E-state index in [1.807, 2.05) is 0 Å². The summed E-state index contributed by atoms with van der Waals surface area (Å²) in [5.74, 6) is 0. The summed E-state index contributed by atoms with van der Waals surface area (Å²) in [4.78, 5) is 2.54. The predicted molar refractivity (Wildman–Crippen MR) is 111 cm³/mol. The lowest BCUT2D eigenvalue weighted by Gasteiger charge is -2.26. The number of nitrogens with zero attached hydrogens (tertiary/aromatic N) is 1. The number of piperidine rings is 1. The zero-order valence-corrected chi connectivity index (χ0v) is 16.0. The molecule has 0 radical (unpaired) electrons. The van der Waals surface area contributed by atoms with Crippen LogP contribution in [0.3, 0.4) is 0 Å². The standard InChI is InChI=1S/C21H27N3S/c1-16-6-11-20(17(2)14-16)23-21(25)22-19-9-7-18(8-10-19)15-24-12-4-3-5-13-24/h6-11,14H,3-5,12-13,15H2,1-2H3,(H2,22,23,25). The van der Waals surface area contributed by atoms with E-state index in [2.05, 4.69) is 71.8 Å². The molecule has 0 atom stereocenters. The molecular formula is C21H27N3S. The van der Waals surface area contributed by atoms with Crippen LogP contribution >= 0.6 is 12.2 Å². The summed E-state index contributed by atoms with van der Waals surface area (Å²) in [7, 11) is 0. The quantitative estimate of drug-likeness (QED) is 0.748. The minimum atomic E-state index is 0.621. The van der Waals surface area contributed by atoms with Gasteiger partial charge in [-0.25, -0.2) is 0 Å². The zero-order chi connectivity index (χ0) is 17.6. The van der Waals surface area contributed by atoms with Crippen molar-refractivity contribution in [2.24, 2.45) is 0 Å². The highest BCUT2D eigenvalue weighted by Crippen LogP contribution is 2.18. The average molecular weight is 354 g/mol. The smallest absolute Gasteiger partial charge is 0.175 e. The number of nitrogens with one attached hydrogen (secondary N) is 2. The van der Waals surface area contributed by atoms with Crippen LogP contribution in [-0.4, -0.2) is 23.1 Å². The summed E-state index contributed by atoms with van der Waals surface area (Å²) in [6.07, 6.45) is 4.04. The molecular weight excluding hydrogens is 326 g/mol. The maximum Gasteiger partial charge on any atom is 0.175 e. The Morgan fingerprint density at radius 1 is 0.960 bits per heavy atom. The third kappa shape index (κ3) is 5.28. The molecule has 0 aromatic heterocycles. The first kappa shape index (κ1) is 17.9. The molecule has 0 spiro atoms. The van der Waals surface area contributed by atoms with Crippen LogP contribution in [0.4, 0.5) is 11.4 Å². The Morgan fingerprint density at radius 2 is 1.68 bits per heavy atom. The second-order valence-corrected chi connectivity index (χ2v) is 7.34. The van der Waals surface area contributed by atoms with E-state index in [9.17, 15) is 0 Å². The van der Waals surface area contributed by atoms with E-state index in [1.165, 1.54) is 49.0 Å². The van der Waals surface area contributed by atoms with Crippen LogP contribution in [0.5, 0.6) is 0 Å². The molecule has 2 N–H and O–H groups in total. The highest BCUT2D eigenvalue weighted by molar-refractivity contribution is 7.80. The molecule has 1 saturated heterocycles. The Labute approximate surface area is 156 Å². The molecule has 4 heteroatoms. The average Bonchev–Trinajstić information content (AvgIpc) is 2.60. The Hall–Kier alpha value is -1.91. The van der Waals surface area contributed by atoms with Gasteiger partial charge in [0.1, 0.15) is 0 Å². The lowest BCUT2D eigenvalue weighted by molar-refractivity contribution is 0.221. The molecule has 1 fully saturated rings. The topological polar surface area (TPSA) is 27.3 Å². The van der Waals surface area contributed by atoms with Gasteiger partial charge in [0, 0.05) is 17.9 Å². The van der Waals surface area contributed by atoms with E-state index in [1.54, 1.807) is 0 Å². The summed E-state index contributed by atoms with van der Waals surface area (Å²) in [5, 5.41) is 7.17. The minimum absolute atomic E-state index is 0.621. The number of benzene rings is 2. The van der Waals surface area contributed by atoms with Crippen molar-refractivity contribution in [1.29, 1.82) is 0 Å². The number of likely N-dealkylation sites (tertiary alicyclic amines) is 1. The van der Waals surface area contributed by atoms with Gasteiger partial charge in [-0.05, 0) is 81.3 Å². The van der Waals surface area contributed by atoms with Crippen molar-refractivity contribution in [3.63, 3.8) is 0 Å². The fraction of sp³-hybridized carbons (Fsp3) is 0.381. The highest BCUT2D eigenvalue weighted by Gasteiger charge is 2.10. The van der Waals surface area contributed by atoms with E-state index >= 15 is 0 Å². The SMILES string of the molecule is Cc1ccc(NC(=S)Nc2ccc(CN3CCCCC3)cc2)c(C)c1. The van der Waals surface area contributed by atoms with Crippen LogP contribution in [-0.2, 0) is 6.54 Å². The van der Waals surface area contributed by atoms with E-state index in [0.29, 0.717) is 5.11 Å². The van der Waals surface area contributed by atoms with Crippen LogP contribution in [0.25, 0.3) is 0 Å². The van der Waals surface area contributed by atoms with Crippen LogP contribution in [0.15, 0.2) is 42.5 Å². The Bertz CT molecular complexity index is 718. The Balaban J connectivity index is 1.54. The molecule has 2 aromatic carbocycles. The minimum Gasteiger partial charge on any atom is -0.332 e. The fourth-order valence-corrected chi connectivity index (χ4v) is 3.54. The third-order valence-corrected chi connectivity index (χ3v) is 4.90. The van der Waals surface area contributed by atoms with Gasteiger partial charge >= 0.3 is 0 Å². The van der Waals surface area contributed by atoms with Crippen molar-refractivity contribution >= 4 is 28.7 Å². The number of hydrogen-bond donors (Lipinski definition) is 2. The molecule has 3 rings (SSSR count). The normalized spacial score (nSPS) is 15.0. The molecule has 0 aliphatic carbocycles. The fourth-order valence-electron chi connectivity index (χ4n) is 3.31. The molecule has 2 aromatic rings. The summed E-state index contributed by atoms with van der Waals surface area (Å²) >= 11 is 5.44. The summed E-state index contributed by atoms with van der Waals surface area (Å²) < 4.78 is 0. The van der Waals surface area contributed by atoms with Gasteiger partial charge in [0.15, 0.2) is 5.11 Å². The summed E-state index contributed by atoms with van der Waals surface area (Å²) in [6, 6.07) is 14.9. The first-order valence-corrected chi connectivity index (χ1v) is 9.47. The van der Waals surface area contributed by atoms with E-state index in [-0.39, 0.29) is 0 Å². The van der Waals surface area contributed by atoms with Crippen LogP contribution in [0.1, 0.15) is 36.0 Å². The molecule has 1 aliphatic rings. The van der Waals surface area contributed by atoms with Gasteiger partial charge < -0.3 is 10.6 Å². The van der Waals surface area contributed by atoms with Crippen molar-refractivity contribution < 1.29 is 0 Å². The van der Waals surface area contributed by atoms with Crippen LogP contribution in [0.2, 0.25) is 0 Å². The number of rotatable bonds is 4. The van der Waals surface area contributed by atoms with E-state index in [4.69, 9.17) is 12.2 Å². The number of anilines is 2. The second kappa shape index (κ2) is 8.45. The number of aryl methyl sites for hydroxylation is 2. The second-order valence-electron chi connectivity index (χ2n) is 6.93. The highest BCUT2D eigenvalue weighted by atomic mass is 32.1. The zero-order valence-electron chi connectivity index (χ0n) is 15.1. The van der Waals surface area contributed by atoms with Gasteiger partial charge in [0.25, 0.3) is 0 Å². The molecule has 0 bridgehead atoms. The van der Waals surface area contributed by atoms with Gasteiger partial charge in [0.05, 0.1) is 0 Å². The molecule has 0 unspecified atom stereocenters. The van der Waals surface area contributed by atoms with Gasteiger partial charge in [0.2, 0.25) is 0 Å². The van der Waals surface area contributed by atoms with E-state index in [0.717, 1.165) is 17.9 Å². The van der Waals surface area contributed by atoms with Crippen molar-refractivity contribution in [2.75, 3.05) is 23.7 Å². The molecule has 25 heavy (non-hydrogen) atoms. The van der Waals surface area contributed by atoms with Gasteiger partial charge in [-0.15, -0.1) is 0 Å². The molecule has 1 heterocycles. The number of hydrogen-bond acceptors (Lipinski definition) is 2. The number of thiocarbonyl (C=S) groups is 1. The first-order chi connectivity index (χ1) is 12.1. The predicted octanol–water partition coefficient (Wildman–Crippen LogP) is 5.10. The van der Waals surface area contributed by atoms with Crippen molar-refractivity contribution in [3.8, 4) is 0 Å². The lowest BCUT2D eigenvalue weighted by Crippen LogP contribution is -2.29. The molecule has 1 aliphatic heterocycles. The summed E-state index contributed by atoms with van der Waals surface area (Å²) in [6.45, 7) is 7.69. The van der Waals surface area contributed by atoms with Crippen molar-refractivity contribution in [3.05, 3.63) is 59.2 Å². The van der Waals surface area contributed by atoms with Gasteiger partial charge in [-0.2, -0.15) is 0 Å². The monoisotopic (exact) mass is 353 g/mol. The third-order valence-electron chi connectivity index (χ3n) is 4.70. The molecule has 3 nitrogen and oxygen atoms in total. The Morgan fingerprint density at radius 3 is 2.36 bits per heavy atom. The van der Waals surface area contributed by atoms with Crippen LogP contribution < -0.4 is 10.6 Å². The molecule has 0 saturated carbocycles. The largest absolute Gasteiger partial charge is 0.332 e. The molecule has 132 valence electrons. The Kier molecular flexibility index (Phi) is 6.05. The summed E-state index contributed by atoms with van der Waals surface area (Å²) in [5.41, 5.74) is 5.88. The van der Waals surface area contributed by atoms with Gasteiger partial charge in [-0.3, -0.25) is 4.90 Å². The van der Waals surface area contributed by atoms with Crippen molar-refractivity contribution in [2.45, 2.75) is 39.7 Å². The van der Waals surface area contributed by atoms with E-state index < -0.39 is 0 Å². The van der Waals surface area contributed by atoms with Crippen molar-refractivity contribution in [1.82, 2.24) is 4.90 Å².